The first-order chi connectivity index (χ1) is 6.70. The van der Waals surface area contributed by atoms with E-state index in [2.05, 4.69) is 6.92 Å². The lowest BCUT2D eigenvalue weighted by atomic mass is 10.0. The van der Waals surface area contributed by atoms with Crippen LogP contribution in [0.5, 0.6) is 0 Å². The molecule has 2 atom stereocenters. The van der Waals surface area contributed by atoms with Gasteiger partial charge in [0.25, 0.3) is 0 Å². The zero-order valence-corrected chi connectivity index (χ0v) is 9.54. The summed E-state index contributed by atoms with van der Waals surface area (Å²) in [7, 11) is 0. The van der Waals surface area contributed by atoms with Gasteiger partial charge >= 0.3 is 0 Å². The Labute approximate surface area is 87.7 Å². The van der Waals surface area contributed by atoms with Crippen LogP contribution in [0.3, 0.4) is 0 Å². The number of hydrogen-bond donors (Lipinski definition) is 1. The Morgan fingerprint density at radius 1 is 1.14 bits per heavy atom. The second-order valence-corrected chi connectivity index (χ2v) is 4.19. The van der Waals surface area contributed by atoms with Crippen molar-refractivity contribution in [1.82, 2.24) is 0 Å². The van der Waals surface area contributed by atoms with Crippen LogP contribution in [-0.2, 0) is 4.79 Å². The van der Waals surface area contributed by atoms with Crippen LogP contribution in [0.25, 0.3) is 0 Å². The first-order valence-electron chi connectivity index (χ1n) is 5.84. The van der Waals surface area contributed by atoms with Crippen molar-refractivity contribution in [2.24, 2.45) is 5.92 Å². The van der Waals surface area contributed by atoms with Crippen molar-refractivity contribution in [3.05, 3.63) is 0 Å². The molecule has 0 saturated heterocycles. The fraction of sp³-hybridized carbons (Fsp3) is 0.917. The number of aldehydes is 1. The summed E-state index contributed by atoms with van der Waals surface area (Å²) in [6.07, 6.45) is 8.02. The summed E-state index contributed by atoms with van der Waals surface area (Å²) in [5.41, 5.74) is 0. The lowest BCUT2D eigenvalue weighted by molar-refractivity contribution is -0.110. The van der Waals surface area contributed by atoms with Crippen molar-refractivity contribution in [3.63, 3.8) is 0 Å². The van der Waals surface area contributed by atoms with Gasteiger partial charge in [-0.2, -0.15) is 0 Å². The number of aliphatic hydroxyl groups excluding tert-OH is 1. The Bertz CT molecular complexity index is 134. The van der Waals surface area contributed by atoms with E-state index in [1.54, 1.807) is 0 Å². The topological polar surface area (TPSA) is 37.3 Å². The highest BCUT2D eigenvalue weighted by Crippen LogP contribution is 2.12. The average molecular weight is 200 g/mol. The molecule has 0 amide bonds. The Morgan fingerprint density at radius 3 is 2.36 bits per heavy atom. The number of unbranched alkanes of at least 4 members (excludes halogenated alkanes) is 2. The van der Waals surface area contributed by atoms with Gasteiger partial charge < -0.3 is 9.90 Å². The van der Waals surface area contributed by atoms with E-state index in [9.17, 15) is 9.90 Å². The molecule has 0 aliphatic carbocycles. The first-order valence-corrected chi connectivity index (χ1v) is 5.84. The van der Waals surface area contributed by atoms with Gasteiger partial charge in [0, 0.05) is 5.92 Å². The minimum absolute atomic E-state index is 0.151. The largest absolute Gasteiger partial charge is 0.393 e. The number of aliphatic hydroxyl groups is 1. The van der Waals surface area contributed by atoms with E-state index in [4.69, 9.17) is 0 Å². The average Bonchev–Trinajstić information content (AvgIpc) is 2.18. The van der Waals surface area contributed by atoms with Gasteiger partial charge in [-0.15, -0.1) is 0 Å². The number of rotatable bonds is 9. The molecule has 0 heterocycles. The fourth-order valence-electron chi connectivity index (χ4n) is 1.52. The van der Waals surface area contributed by atoms with Crippen molar-refractivity contribution in [2.45, 2.75) is 64.9 Å². The maximum atomic E-state index is 10.3. The zero-order valence-electron chi connectivity index (χ0n) is 9.54. The standard InChI is InChI=1S/C12H24O2/c1-3-4-5-8-12(14)9-6-7-11(2)10-13/h10-12,14H,3-9H2,1-2H3. The van der Waals surface area contributed by atoms with Crippen molar-refractivity contribution in [2.75, 3.05) is 0 Å². The third-order valence-corrected chi connectivity index (χ3v) is 2.57. The normalized spacial score (nSPS) is 15.1. The first kappa shape index (κ1) is 13.6. The smallest absolute Gasteiger partial charge is 0.122 e. The molecule has 0 rings (SSSR count). The molecule has 0 saturated carbocycles. The summed E-state index contributed by atoms with van der Waals surface area (Å²) in [5.74, 6) is 0.151. The minimum atomic E-state index is -0.152. The predicted molar refractivity (Wildman–Crippen MR) is 59.2 cm³/mol. The SMILES string of the molecule is CCCCCC(O)CCCC(C)C=O. The summed E-state index contributed by atoms with van der Waals surface area (Å²) in [5, 5.41) is 9.57. The number of hydrogen-bond acceptors (Lipinski definition) is 2. The quantitative estimate of drug-likeness (QED) is 0.459. The summed E-state index contributed by atoms with van der Waals surface area (Å²) in [6, 6.07) is 0. The van der Waals surface area contributed by atoms with Crippen LogP contribution in [0.2, 0.25) is 0 Å². The molecule has 2 nitrogen and oxygen atoms in total. The Hall–Kier alpha value is -0.370. The van der Waals surface area contributed by atoms with E-state index in [0.29, 0.717) is 0 Å². The molecule has 0 aromatic heterocycles. The molecule has 2 heteroatoms. The second-order valence-electron chi connectivity index (χ2n) is 4.19. The van der Waals surface area contributed by atoms with Gasteiger partial charge in [0.1, 0.15) is 6.29 Å². The lowest BCUT2D eigenvalue weighted by Crippen LogP contribution is -2.07. The Morgan fingerprint density at radius 2 is 1.79 bits per heavy atom. The van der Waals surface area contributed by atoms with Crippen LogP contribution < -0.4 is 0 Å². The molecule has 0 radical (unpaired) electrons. The van der Waals surface area contributed by atoms with Gasteiger partial charge in [0.05, 0.1) is 6.10 Å². The van der Waals surface area contributed by atoms with E-state index >= 15 is 0 Å². The summed E-state index contributed by atoms with van der Waals surface area (Å²) >= 11 is 0. The highest BCUT2D eigenvalue weighted by molar-refractivity contribution is 5.52. The van der Waals surface area contributed by atoms with Crippen molar-refractivity contribution in [3.8, 4) is 0 Å². The van der Waals surface area contributed by atoms with Crippen LogP contribution >= 0.6 is 0 Å². The van der Waals surface area contributed by atoms with Crippen LogP contribution in [0.4, 0.5) is 0 Å². The molecule has 14 heavy (non-hydrogen) atoms. The zero-order chi connectivity index (χ0) is 10.8. The molecular weight excluding hydrogens is 176 g/mol. The fourth-order valence-corrected chi connectivity index (χ4v) is 1.52. The van der Waals surface area contributed by atoms with Gasteiger partial charge in [-0.25, -0.2) is 0 Å². The van der Waals surface area contributed by atoms with E-state index in [-0.39, 0.29) is 12.0 Å². The lowest BCUT2D eigenvalue weighted by Gasteiger charge is -2.10. The van der Waals surface area contributed by atoms with Gasteiger partial charge in [-0.05, 0) is 19.3 Å². The maximum absolute atomic E-state index is 10.3. The molecule has 0 spiro atoms. The molecule has 0 aliphatic heterocycles. The third kappa shape index (κ3) is 8.24. The molecule has 0 fully saturated rings. The van der Waals surface area contributed by atoms with Crippen LogP contribution in [0.1, 0.15) is 58.8 Å². The predicted octanol–water partition coefficient (Wildman–Crippen LogP) is 2.93. The molecule has 0 bridgehead atoms. The Kier molecular flexibility index (Phi) is 8.95. The van der Waals surface area contributed by atoms with Gasteiger partial charge in [0.15, 0.2) is 0 Å². The van der Waals surface area contributed by atoms with Gasteiger partial charge in [-0.3, -0.25) is 0 Å². The van der Waals surface area contributed by atoms with Crippen molar-refractivity contribution in [1.29, 1.82) is 0 Å². The maximum Gasteiger partial charge on any atom is 0.122 e. The van der Waals surface area contributed by atoms with Crippen molar-refractivity contribution >= 4 is 6.29 Å². The van der Waals surface area contributed by atoms with Gasteiger partial charge in [-0.1, -0.05) is 39.5 Å². The number of carbonyl (C=O) groups excluding carboxylic acids is 1. The molecule has 84 valence electrons. The van der Waals surface area contributed by atoms with E-state index in [1.807, 2.05) is 6.92 Å². The molecule has 0 aliphatic rings. The van der Waals surface area contributed by atoms with Gasteiger partial charge in [0.2, 0.25) is 0 Å². The molecule has 0 aromatic rings. The van der Waals surface area contributed by atoms with E-state index < -0.39 is 0 Å². The highest BCUT2D eigenvalue weighted by Gasteiger charge is 2.05. The summed E-state index contributed by atoms with van der Waals surface area (Å²) < 4.78 is 0. The van der Waals surface area contributed by atoms with Crippen LogP contribution in [0, 0.1) is 5.92 Å². The molecule has 0 aromatic carbocycles. The summed E-state index contributed by atoms with van der Waals surface area (Å²) in [4.78, 5) is 10.3. The monoisotopic (exact) mass is 200 g/mol. The molecule has 1 N–H and O–H groups in total. The minimum Gasteiger partial charge on any atom is -0.393 e. The molecular formula is C12H24O2. The van der Waals surface area contributed by atoms with E-state index in [0.717, 1.165) is 38.4 Å². The summed E-state index contributed by atoms with van der Waals surface area (Å²) in [6.45, 7) is 4.09. The van der Waals surface area contributed by atoms with Crippen molar-refractivity contribution < 1.29 is 9.90 Å². The third-order valence-electron chi connectivity index (χ3n) is 2.57. The second kappa shape index (κ2) is 9.20. The van der Waals surface area contributed by atoms with Crippen LogP contribution in [-0.4, -0.2) is 17.5 Å². The van der Waals surface area contributed by atoms with E-state index in [1.165, 1.54) is 12.8 Å². The Balaban J connectivity index is 3.25. The molecule has 2 unspecified atom stereocenters. The van der Waals surface area contributed by atoms with Crippen LogP contribution in [0.15, 0.2) is 0 Å². The number of carbonyl (C=O) groups is 1. The highest BCUT2D eigenvalue weighted by atomic mass is 16.3.